The molecule has 1 atom stereocenters. The van der Waals surface area contributed by atoms with Crippen LogP contribution in [0.2, 0.25) is 5.02 Å². The molecule has 0 bridgehead atoms. The second-order valence-corrected chi connectivity index (χ2v) is 10.5. The highest BCUT2D eigenvalue weighted by Crippen LogP contribution is 2.26. The quantitative estimate of drug-likeness (QED) is 0.221. The zero-order valence-electron chi connectivity index (χ0n) is 20.5. The maximum Gasteiger partial charge on any atom is 0.337 e. The van der Waals surface area contributed by atoms with E-state index in [2.05, 4.69) is 50.0 Å². The average Bonchev–Trinajstić information content (AvgIpc) is 3.26. The zero-order valence-corrected chi connectivity index (χ0v) is 21.3. The van der Waals surface area contributed by atoms with E-state index >= 15 is 0 Å². The van der Waals surface area contributed by atoms with Crippen molar-refractivity contribution in [3.63, 3.8) is 0 Å². The minimum Gasteiger partial charge on any atom is -0.465 e. The second kappa shape index (κ2) is 10.1. The number of esters is 1. The molecule has 0 fully saturated rings. The summed E-state index contributed by atoms with van der Waals surface area (Å²) in [6.07, 6.45) is 1.16. The van der Waals surface area contributed by atoms with Crippen LogP contribution >= 0.6 is 11.6 Å². The normalized spacial score (nSPS) is 12.5. The van der Waals surface area contributed by atoms with Gasteiger partial charge in [-0.1, -0.05) is 68.8 Å². The Hall–Kier alpha value is -3.37. The summed E-state index contributed by atoms with van der Waals surface area (Å²) in [5.74, 6) is -0.600. The molecule has 1 heterocycles. The van der Waals surface area contributed by atoms with Crippen molar-refractivity contribution in [2.24, 2.45) is 5.92 Å². The fourth-order valence-electron chi connectivity index (χ4n) is 4.32. The zero-order chi connectivity index (χ0) is 25.2. The van der Waals surface area contributed by atoms with Crippen molar-refractivity contribution in [3.8, 4) is 0 Å². The third-order valence-corrected chi connectivity index (χ3v) is 6.61. The number of halogens is 1. The molecule has 1 unspecified atom stereocenters. The lowest BCUT2D eigenvalue weighted by Crippen LogP contribution is -2.21. The lowest BCUT2D eigenvalue weighted by molar-refractivity contribution is 0.0600. The predicted molar refractivity (Wildman–Crippen MR) is 141 cm³/mol. The highest BCUT2D eigenvalue weighted by Gasteiger charge is 2.24. The summed E-state index contributed by atoms with van der Waals surface area (Å²) in [4.78, 5) is 28.8. The van der Waals surface area contributed by atoms with E-state index in [0.717, 1.165) is 22.0 Å². The van der Waals surface area contributed by atoms with Crippen molar-refractivity contribution in [1.82, 2.24) is 4.98 Å². The Morgan fingerprint density at radius 3 is 2.06 bits per heavy atom. The Bertz CT molecular complexity index is 1350. The number of carbonyl (C=O) groups excluding carboxylic acids is 2. The number of aromatic nitrogens is 1. The van der Waals surface area contributed by atoms with Crippen molar-refractivity contribution >= 4 is 34.3 Å². The number of carbonyl (C=O) groups is 2. The van der Waals surface area contributed by atoms with Gasteiger partial charge in [-0.15, -0.1) is 0 Å². The number of H-pyrrole nitrogens is 1. The first-order valence-electron chi connectivity index (χ1n) is 11.7. The summed E-state index contributed by atoms with van der Waals surface area (Å²) in [6.45, 7) is 6.57. The van der Waals surface area contributed by atoms with Crippen molar-refractivity contribution in [1.29, 1.82) is 0 Å². The Balaban J connectivity index is 1.63. The van der Waals surface area contributed by atoms with Crippen LogP contribution in [0.5, 0.6) is 0 Å². The van der Waals surface area contributed by atoms with Crippen LogP contribution in [0.4, 0.5) is 0 Å². The summed E-state index contributed by atoms with van der Waals surface area (Å²) in [6, 6.07) is 23.2. The molecule has 0 aliphatic carbocycles. The maximum absolute atomic E-state index is 13.7. The first-order valence-corrected chi connectivity index (χ1v) is 12.1. The molecule has 4 aromatic rings. The predicted octanol–water partition coefficient (Wildman–Crippen LogP) is 7.19. The number of methoxy groups -OCH3 is 1. The van der Waals surface area contributed by atoms with Crippen LogP contribution in [-0.2, 0) is 23.0 Å². The number of nitrogens with one attached hydrogen (secondary N) is 1. The molecule has 0 radical (unpaired) electrons. The van der Waals surface area contributed by atoms with Gasteiger partial charge in [-0.05, 0) is 71.3 Å². The largest absolute Gasteiger partial charge is 0.465 e. The SMILES string of the molecule is COC(=O)c1ccc(CC(Cc2ccc(C(C)(C)C)cc2)C(=O)c2cc3cc(Cl)ccc3[nH]2)cc1. The molecule has 5 heteroatoms. The van der Waals surface area contributed by atoms with Crippen molar-refractivity contribution in [2.45, 2.75) is 39.0 Å². The van der Waals surface area contributed by atoms with Crippen LogP contribution in [0, 0.1) is 5.92 Å². The number of Topliss-reactive ketones (excluding diaryl/α,β-unsaturated/α-hetero) is 1. The van der Waals surface area contributed by atoms with Gasteiger partial charge in [-0.2, -0.15) is 0 Å². The van der Waals surface area contributed by atoms with Crippen molar-refractivity contribution < 1.29 is 14.3 Å². The molecule has 4 nitrogen and oxygen atoms in total. The molecule has 4 rings (SSSR count). The molecule has 0 amide bonds. The van der Waals surface area contributed by atoms with E-state index in [1.165, 1.54) is 12.7 Å². The molecule has 0 aliphatic rings. The maximum atomic E-state index is 13.7. The molecule has 0 spiro atoms. The van der Waals surface area contributed by atoms with Crippen molar-refractivity contribution in [3.05, 3.63) is 106 Å². The van der Waals surface area contributed by atoms with Gasteiger partial charge in [-0.3, -0.25) is 4.79 Å². The number of hydrogen-bond donors (Lipinski definition) is 1. The molecule has 180 valence electrons. The number of hydrogen-bond acceptors (Lipinski definition) is 3. The Morgan fingerprint density at radius 1 is 0.886 bits per heavy atom. The fraction of sp³-hybridized carbons (Fsp3) is 0.267. The van der Waals surface area contributed by atoms with Gasteiger partial charge in [0.1, 0.15) is 0 Å². The second-order valence-electron chi connectivity index (χ2n) is 10.0. The number of rotatable bonds is 7. The lowest BCUT2D eigenvalue weighted by Gasteiger charge is -2.20. The number of aromatic amines is 1. The molecule has 1 aromatic heterocycles. The standard InChI is InChI=1S/C30H30ClNO3/c1-30(2,3)24-11-7-20(8-12-24)16-23(15-19-5-9-21(10-6-19)29(34)35-4)28(33)27-18-22-17-25(31)13-14-26(22)32-27/h5-14,17-18,23,32H,15-16H2,1-4H3. The highest BCUT2D eigenvalue weighted by molar-refractivity contribution is 6.31. The lowest BCUT2D eigenvalue weighted by atomic mass is 9.84. The molecular formula is C30H30ClNO3. The fourth-order valence-corrected chi connectivity index (χ4v) is 4.50. The van der Waals surface area contributed by atoms with Gasteiger partial charge in [0, 0.05) is 21.8 Å². The third kappa shape index (κ3) is 5.83. The van der Waals surface area contributed by atoms with Crippen LogP contribution in [0.1, 0.15) is 58.3 Å². The number of ketones is 1. The molecule has 0 saturated carbocycles. The van der Waals surface area contributed by atoms with E-state index in [-0.39, 0.29) is 23.1 Å². The van der Waals surface area contributed by atoms with Crippen LogP contribution < -0.4 is 0 Å². The van der Waals surface area contributed by atoms with Gasteiger partial charge in [0.25, 0.3) is 0 Å². The minimum atomic E-state index is -0.375. The van der Waals surface area contributed by atoms with Gasteiger partial charge < -0.3 is 9.72 Å². The summed E-state index contributed by atoms with van der Waals surface area (Å²) in [5, 5.41) is 1.55. The number of benzene rings is 3. The molecule has 3 aromatic carbocycles. The molecule has 35 heavy (non-hydrogen) atoms. The highest BCUT2D eigenvalue weighted by atomic mass is 35.5. The Labute approximate surface area is 211 Å². The summed E-state index contributed by atoms with van der Waals surface area (Å²) in [7, 11) is 1.36. The number of fused-ring (bicyclic) bond motifs is 1. The Kier molecular flexibility index (Phi) is 7.13. The number of ether oxygens (including phenoxy) is 1. The molecule has 0 aliphatic heterocycles. The topological polar surface area (TPSA) is 59.2 Å². The van der Waals surface area contributed by atoms with E-state index in [4.69, 9.17) is 16.3 Å². The van der Waals surface area contributed by atoms with E-state index in [9.17, 15) is 9.59 Å². The van der Waals surface area contributed by atoms with Crippen LogP contribution in [0.3, 0.4) is 0 Å². The van der Waals surface area contributed by atoms with E-state index in [0.29, 0.717) is 29.1 Å². The van der Waals surface area contributed by atoms with E-state index < -0.39 is 0 Å². The smallest absolute Gasteiger partial charge is 0.337 e. The van der Waals surface area contributed by atoms with Gasteiger partial charge >= 0.3 is 5.97 Å². The van der Waals surface area contributed by atoms with Crippen LogP contribution in [0.15, 0.2) is 72.8 Å². The minimum absolute atomic E-state index is 0.0502. The van der Waals surface area contributed by atoms with Crippen LogP contribution in [0.25, 0.3) is 10.9 Å². The monoisotopic (exact) mass is 487 g/mol. The van der Waals surface area contributed by atoms with Crippen molar-refractivity contribution in [2.75, 3.05) is 7.11 Å². The van der Waals surface area contributed by atoms with E-state index in [1.807, 2.05) is 36.4 Å². The molecule has 0 saturated heterocycles. The third-order valence-electron chi connectivity index (χ3n) is 6.38. The molecule has 1 N–H and O–H groups in total. The van der Waals surface area contributed by atoms with Gasteiger partial charge in [0.2, 0.25) is 0 Å². The van der Waals surface area contributed by atoms with Gasteiger partial charge in [-0.25, -0.2) is 4.79 Å². The van der Waals surface area contributed by atoms with Gasteiger partial charge in [0.05, 0.1) is 18.4 Å². The van der Waals surface area contributed by atoms with E-state index in [1.54, 1.807) is 12.1 Å². The summed E-state index contributed by atoms with van der Waals surface area (Å²) in [5.41, 5.74) is 5.38. The Morgan fingerprint density at radius 2 is 1.49 bits per heavy atom. The molecular weight excluding hydrogens is 458 g/mol. The van der Waals surface area contributed by atoms with Gasteiger partial charge in [0.15, 0.2) is 5.78 Å². The average molecular weight is 488 g/mol. The first kappa shape index (κ1) is 24.7. The summed E-state index contributed by atoms with van der Waals surface area (Å²) < 4.78 is 4.80. The van der Waals surface area contributed by atoms with Crippen LogP contribution in [-0.4, -0.2) is 23.8 Å². The summed E-state index contributed by atoms with van der Waals surface area (Å²) >= 11 is 6.14. The first-order chi connectivity index (χ1) is 16.6.